The molecule has 3 aliphatic rings. The van der Waals surface area contributed by atoms with Crippen molar-refractivity contribution in [3.8, 4) is 0 Å². The van der Waals surface area contributed by atoms with Gasteiger partial charge < -0.3 is 10.2 Å². The average Bonchev–Trinajstić information content (AvgIpc) is 3.27. The number of rotatable bonds is 5. The van der Waals surface area contributed by atoms with Crippen LogP contribution in [0.25, 0.3) is 0 Å². The van der Waals surface area contributed by atoms with Crippen molar-refractivity contribution < 1.29 is 0 Å². The smallest absolute Gasteiger partial charge is 0.193 e. The monoisotopic (exact) mass is 306 g/mol. The molecule has 0 aromatic heterocycles. The molecule has 0 atom stereocenters. The fraction of sp³-hybridized carbons (Fsp3) is 0.944. The highest BCUT2D eigenvalue weighted by Gasteiger charge is 2.48. The maximum atomic E-state index is 4.55. The molecule has 1 heterocycles. The molecule has 2 aliphatic carbocycles. The number of nitrogens with zero attached hydrogens (tertiary/aromatic N) is 3. The highest BCUT2D eigenvalue weighted by molar-refractivity contribution is 5.80. The Balaban J connectivity index is 1.46. The van der Waals surface area contributed by atoms with Crippen LogP contribution in [0.4, 0.5) is 0 Å². The summed E-state index contributed by atoms with van der Waals surface area (Å²) in [4.78, 5) is 9.60. The molecule has 0 amide bonds. The van der Waals surface area contributed by atoms with Gasteiger partial charge in [0.2, 0.25) is 0 Å². The van der Waals surface area contributed by atoms with Crippen LogP contribution in [-0.2, 0) is 0 Å². The molecule has 4 nitrogen and oxygen atoms in total. The van der Waals surface area contributed by atoms with Crippen LogP contribution >= 0.6 is 0 Å². The Morgan fingerprint density at radius 1 is 1.18 bits per heavy atom. The lowest BCUT2D eigenvalue weighted by molar-refractivity contribution is 0.103. The van der Waals surface area contributed by atoms with Gasteiger partial charge in [0.1, 0.15) is 0 Å². The van der Waals surface area contributed by atoms with Gasteiger partial charge in [-0.15, -0.1) is 0 Å². The minimum absolute atomic E-state index is 0.620. The van der Waals surface area contributed by atoms with E-state index < -0.39 is 0 Å². The molecule has 1 saturated heterocycles. The van der Waals surface area contributed by atoms with Crippen LogP contribution in [0.5, 0.6) is 0 Å². The molecule has 1 N–H and O–H groups in total. The molecular weight excluding hydrogens is 272 g/mol. The second-order valence-corrected chi connectivity index (χ2v) is 8.07. The molecular formula is C18H34N4. The van der Waals surface area contributed by atoms with Crippen LogP contribution in [0.15, 0.2) is 4.99 Å². The minimum Gasteiger partial charge on any atom is -0.356 e. The number of aliphatic imine (C=N–C) groups is 1. The van der Waals surface area contributed by atoms with E-state index in [-0.39, 0.29) is 0 Å². The van der Waals surface area contributed by atoms with Crippen LogP contribution in [-0.4, -0.2) is 62.1 Å². The summed E-state index contributed by atoms with van der Waals surface area (Å²) in [5.41, 5.74) is 0.620. The number of nitrogens with one attached hydrogen (secondary N) is 1. The molecule has 0 aromatic carbocycles. The SMILES string of the molecule is CN=C(NCC1(C2CC2)CCC1)N1CCN(CC(C)C)CC1. The van der Waals surface area contributed by atoms with Crippen LogP contribution in [0.2, 0.25) is 0 Å². The zero-order valence-electron chi connectivity index (χ0n) is 14.8. The quantitative estimate of drug-likeness (QED) is 0.625. The summed E-state index contributed by atoms with van der Waals surface area (Å²) in [5.74, 6) is 2.91. The van der Waals surface area contributed by atoms with Crippen LogP contribution < -0.4 is 5.32 Å². The maximum Gasteiger partial charge on any atom is 0.193 e. The summed E-state index contributed by atoms with van der Waals surface area (Å²) >= 11 is 0. The Hall–Kier alpha value is -0.770. The molecule has 22 heavy (non-hydrogen) atoms. The first-order valence-electron chi connectivity index (χ1n) is 9.31. The second kappa shape index (κ2) is 6.77. The Morgan fingerprint density at radius 2 is 1.86 bits per heavy atom. The standard InChI is InChI=1S/C18H34N4/c1-15(2)13-21-9-11-22(12-10-21)17(19-3)20-14-18(7-4-8-18)16-5-6-16/h15-16H,4-14H2,1-3H3,(H,19,20). The van der Waals surface area contributed by atoms with Crippen LogP contribution in [0.1, 0.15) is 46.0 Å². The van der Waals surface area contributed by atoms with Crippen molar-refractivity contribution in [1.82, 2.24) is 15.1 Å². The van der Waals surface area contributed by atoms with E-state index in [4.69, 9.17) is 0 Å². The number of hydrogen-bond donors (Lipinski definition) is 1. The largest absolute Gasteiger partial charge is 0.356 e. The van der Waals surface area contributed by atoms with Crippen molar-refractivity contribution in [3.63, 3.8) is 0 Å². The summed E-state index contributed by atoms with van der Waals surface area (Å²) in [7, 11) is 1.94. The van der Waals surface area contributed by atoms with E-state index >= 15 is 0 Å². The van der Waals surface area contributed by atoms with Crippen molar-refractivity contribution in [3.05, 3.63) is 0 Å². The van der Waals surface area contributed by atoms with Gasteiger partial charge in [0, 0.05) is 46.3 Å². The molecule has 0 unspecified atom stereocenters. The first-order valence-corrected chi connectivity index (χ1v) is 9.31. The van der Waals surface area contributed by atoms with Crippen molar-refractivity contribution in [2.24, 2.45) is 22.2 Å². The predicted molar refractivity (Wildman–Crippen MR) is 93.2 cm³/mol. The first kappa shape index (κ1) is 16.1. The highest BCUT2D eigenvalue weighted by atomic mass is 15.3. The summed E-state index contributed by atoms with van der Waals surface area (Å²) < 4.78 is 0. The summed E-state index contributed by atoms with van der Waals surface area (Å²) in [6, 6.07) is 0. The Morgan fingerprint density at radius 3 is 2.32 bits per heavy atom. The fourth-order valence-corrected chi connectivity index (χ4v) is 4.30. The lowest BCUT2D eigenvalue weighted by atomic mass is 9.65. The van der Waals surface area contributed by atoms with Gasteiger partial charge in [-0.05, 0) is 42.9 Å². The van der Waals surface area contributed by atoms with Crippen molar-refractivity contribution in [2.45, 2.75) is 46.0 Å². The molecule has 2 saturated carbocycles. The lowest BCUT2D eigenvalue weighted by Gasteiger charge is -2.44. The van der Waals surface area contributed by atoms with Gasteiger partial charge in [0.15, 0.2) is 5.96 Å². The Labute approximate surface area is 136 Å². The molecule has 3 fully saturated rings. The fourth-order valence-electron chi connectivity index (χ4n) is 4.30. The molecule has 1 aliphatic heterocycles. The summed E-state index contributed by atoms with van der Waals surface area (Å²) in [5, 5.41) is 3.72. The molecule has 0 bridgehead atoms. The third-order valence-corrected chi connectivity index (χ3v) is 5.90. The third-order valence-electron chi connectivity index (χ3n) is 5.90. The van der Waals surface area contributed by atoms with Crippen molar-refractivity contribution in [1.29, 1.82) is 0 Å². The van der Waals surface area contributed by atoms with Gasteiger partial charge in [-0.1, -0.05) is 20.3 Å². The lowest BCUT2D eigenvalue weighted by Crippen LogP contribution is -2.55. The number of guanidine groups is 1. The Kier molecular flexibility index (Phi) is 4.96. The average molecular weight is 306 g/mol. The van der Waals surface area contributed by atoms with Crippen molar-refractivity contribution in [2.75, 3.05) is 46.3 Å². The second-order valence-electron chi connectivity index (χ2n) is 8.07. The molecule has 126 valence electrons. The van der Waals surface area contributed by atoms with Gasteiger partial charge in [-0.2, -0.15) is 0 Å². The first-order chi connectivity index (χ1) is 10.6. The van der Waals surface area contributed by atoms with Gasteiger partial charge >= 0.3 is 0 Å². The van der Waals surface area contributed by atoms with E-state index in [2.05, 4.69) is 34.0 Å². The summed E-state index contributed by atoms with van der Waals surface area (Å²) in [6.45, 7) is 11.6. The summed E-state index contributed by atoms with van der Waals surface area (Å²) in [6.07, 6.45) is 7.24. The van der Waals surface area contributed by atoms with Crippen molar-refractivity contribution >= 4 is 5.96 Å². The zero-order valence-corrected chi connectivity index (χ0v) is 14.8. The molecule has 0 spiro atoms. The van der Waals surface area contributed by atoms with E-state index in [9.17, 15) is 0 Å². The third kappa shape index (κ3) is 3.58. The zero-order chi connectivity index (χ0) is 15.6. The maximum absolute atomic E-state index is 4.55. The normalized spacial score (nSPS) is 26.2. The van der Waals surface area contributed by atoms with Crippen LogP contribution in [0.3, 0.4) is 0 Å². The molecule has 0 aromatic rings. The topological polar surface area (TPSA) is 30.9 Å². The van der Waals surface area contributed by atoms with E-state index in [1.54, 1.807) is 0 Å². The minimum atomic E-state index is 0.620. The van der Waals surface area contributed by atoms with E-state index in [1.165, 1.54) is 51.7 Å². The predicted octanol–water partition coefficient (Wildman–Crippen LogP) is 2.42. The molecule has 3 rings (SSSR count). The number of piperazine rings is 1. The van der Waals surface area contributed by atoms with Gasteiger partial charge in [-0.3, -0.25) is 9.89 Å². The van der Waals surface area contributed by atoms with Gasteiger partial charge in [0.25, 0.3) is 0 Å². The van der Waals surface area contributed by atoms with Gasteiger partial charge in [0.05, 0.1) is 0 Å². The highest BCUT2D eigenvalue weighted by Crippen LogP contribution is 2.56. The van der Waals surface area contributed by atoms with E-state index in [0.29, 0.717) is 5.41 Å². The van der Waals surface area contributed by atoms with Crippen LogP contribution in [0, 0.1) is 17.3 Å². The molecule has 0 radical (unpaired) electrons. The van der Waals surface area contributed by atoms with E-state index in [1.807, 2.05) is 7.05 Å². The number of hydrogen-bond acceptors (Lipinski definition) is 2. The van der Waals surface area contributed by atoms with E-state index in [0.717, 1.165) is 37.4 Å². The molecule has 4 heteroatoms. The Bertz CT molecular complexity index is 388. The van der Waals surface area contributed by atoms with Gasteiger partial charge in [-0.25, -0.2) is 0 Å².